The maximum absolute atomic E-state index is 13.9. The summed E-state index contributed by atoms with van der Waals surface area (Å²) in [5, 5.41) is 12.1. The lowest BCUT2D eigenvalue weighted by atomic mass is 9.72. The van der Waals surface area contributed by atoms with Crippen LogP contribution in [0.2, 0.25) is 0 Å². The fraction of sp³-hybridized carbons (Fsp3) is 0.300. The molecule has 0 radical (unpaired) electrons. The Morgan fingerprint density at radius 1 is 1.21 bits per heavy atom. The number of hydrogen-bond donors (Lipinski definition) is 2. The predicted octanol–water partition coefficient (Wildman–Crippen LogP) is 2.69. The van der Waals surface area contributed by atoms with Gasteiger partial charge in [0.05, 0.1) is 24.4 Å². The van der Waals surface area contributed by atoms with Crippen LogP contribution in [0.25, 0.3) is 0 Å². The summed E-state index contributed by atoms with van der Waals surface area (Å²) in [5.41, 5.74) is 1.21. The molecular formula is C20H19F2N3O3. The van der Waals surface area contributed by atoms with Crippen LogP contribution in [0.4, 0.5) is 25.0 Å². The van der Waals surface area contributed by atoms with E-state index in [1.54, 1.807) is 17.0 Å². The van der Waals surface area contributed by atoms with E-state index in [1.165, 1.54) is 11.8 Å². The highest BCUT2D eigenvalue weighted by atomic mass is 19.1. The number of nitrogens with one attached hydrogen (secondary N) is 1. The lowest BCUT2D eigenvalue weighted by Gasteiger charge is -2.58. The highest BCUT2D eigenvalue weighted by Crippen LogP contribution is 2.48. The molecule has 4 rings (SSSR count). The van der Waals surface area contributed by atoms with Gasteiger partial charge >= 0.3 is 6.03 Å². The average molecular weight is 387 g/mol. The van der Waals surface area contributed by atoms with E-state index in [-0.39, 0.29) is 42.7 Å². The Labute approximate surface area is 160 Å². The van der Waals surface area contributed by atoms with E-state index in [0.717, 1.165) is 23.8 Å². The first-order valence-electron chi connectivity index (χ1n) is 8.94. The highest BCUT2D eigenvalue weighted by molar-refractivity contribution is 6.03. The summed E-state index contributed by atoms with van der Waals surface area (Å²) < 4.78 is 27.4. The number of aliphatic hydroxyl groups excluding tert-OH is 1. The number of urea groups is 1. The molecule has 6 nitrogen and oxygen atoms in total. The van der Waals surface area contributed by atoms with Gasteiger partial charge in [0.2, 0.25) is 5.91 Å². The van der Waals surface area contributed by atoms with Gasteiger partial charge in [-0.25, -0.2) is 13.6 Å². The third-order valence-electron chi connectivity index (χ3n) is 5.47. The number of hydrogen-bond acceptors (Lipinski definition) is 3. The molecule has 0 bridgehead atoms. The Morgan fingerprint density at radius 3 is 2.68 bits per heavy atom. The summed E-state index contributed by atoms with van der Waals surface area (Å²) in [5.74, 6) is -1.67. The second kappa shape index (κ2) is 6.87. The zero-order chi connectivity index (χ0) is 20.0. The molecule has 2 aliphatic rings. The Kier molecular flexibility index (Phi) is 4.50. The number of fused-ring (bicyclic) bond motifs is 3. The molecule has 3 atom stereocenters. The van der Waals surface area contributed by atoms with Gasteiger partial charge in [0.1, 0.15) is 11.6 Å². The number of para-hydroxylation sites is 1. The Bertz CT molecular complexity index is 952. The zero-order valence-electron chi connectivity index (χ0n) is 15.1. The SMILES string of the molecule is CC(=O)N1[C@H](CO)[C@H]2c3ccccc3N(C(=O)Nc3cc(F)ccc3F)C[C@H]21. The van der Waals surface area contributed by atoms with Crippen molar-refractivity contribution in [2.24, 2.45) is 0 Å². The number of aliphatic hydroxyl groups is 1. The number of amides is 3. The minimum atomic E-state index is -0.743. The predicted molar refractivity (Wildman–Crippen MR) is 99.1 cm³/mol. The molecule has 0 aromatic heterocycles. The Morgan fingerprint density at radius 2 is 1.96 bits per heavy atom. The minimum absolute atomic E-state index is 0.0833. The van der Waals surface area contributed by atoms with Gasteiger partial charge < -0.3 is 15.3 Å². The lowest BCUT2D eigenvalue weighted by molar-refractivity contribution is -0.147. The van der Waals surface area contributed by atoms with Gasteiger partial charge in [0, 0.05) is 31.1 Å². The summed E-state index contributed by atoms with van der Waals surface area (Å²) in [4.78, 5) is 27.9. The molecule has 0 saturated carbocycles. The maximum atomic E-state index is 13.9. The molecular weight excluding hydrogens is 368 g/mol. The van der Waals surface area contributed by atoms with Crippen LogP contribution in [-0.2, 0) is 4.79 Å². The molecule has 1 fully saturated rings. The van der Waals surface area contributed by atoms with E-state index >= 15 is 0 Å². The second-order valence-electron chi connectivity index (χ2n) is 6.99. The van der Waals surface area contributed by atoms with Gasteiger partial charge in [0.15, 0.2) is 0 Å². The van der Waals surface area contributed by atoms with Crippen molar-refractivity contribution in [3.63, 3.8) is 0 Å². The first-order chi connectivity index (χ1) is 13.4. The molecule has 1 saturated heterocycles. The van der Waals surface area contributed by atoms with Crippen LogP contribution in [0.3, 0.4) is 0 Å². The lowest BCUT2D eigenvalue weighted by Crippen LogP contribution is -2.70. The maximum Gasteiger partial charge on any atom is 0.326 e. The van der Waals surface area contributed by atoms with Crippen LogP contribution in [-0.4, -0.2) is 47.2 Å². The zero-order valence-corrected chi connectivity index (χ0v) is 15.1. The van der Waals surface area contributed by atoms with Crippen molar-refractivity contribution in [2.45, 2.75) is 24.9 Å². The van der Waals surface area contributed by atoms with Gasteiger partial charge in [0.25, 0.3) is 0 Å². The molecule has 2 aromatic rings. The van der Waals surface area contributed by atoms with Crippen molar-refractivity contribution in [3.05, 3.63) is 59.7 Å². The van der Waals surface area contributed by atoms with Crippen molar-refractivity contribution >= 4 is 23.3 Å². The van der Waals surface area contributed by atoms with E-state index in [1.807, 2.05) is 12.1 Å². The highest BCUT2D eigenvalue weighted by Gasteiger charge is 2.54. The van der Waals surface area contributed by atoms with Crippen molar-refractivity contribution < 1.29 is 23.5 Å². The van der Waals surface area contributed by atoms with Gasteiger partial charge in [-0.2, -0.15) is 0 Å². The fourth-order valence-electron chi connectivity index (χ4n) is 4.30. The van der Waals surface area contributed by atoms with Gasteiger partial charge in [-0.15, -0.1) is 0 Å². The Hall–Kier alpha value is -3.00. The molecule has 0 aliphatic carbocycles. The molecule has 0 spiro atoms. The molecule has 2 aliphatic heterocycles. The van der Waals surface area contributed by atoms with Crippen molar-refractivity contribution in [1.82, 2.24) is 4.90 Å². The summed E-state index contributed by atoms with van der Waals surface area (Å²) in [6, 6.07) is 8.81. The summed E-state index contributed by atoms with van der Waals surface area (Å²) in [7, 11) is 0. The monoisotopic (exact) mass is 387 g/mol. The Balaban J connectivity index is 1.67. The summed E-state index contributed by atoms with van der Waals surface area (Å²) in [6.07, 6.45) is 0. The molecule has 0 unspecified atom stereocenters. The van der Waals surface area contributed by atoms with E-state index < -0.39 is 17.7 Å². The minimum Gasteiger partial charge on any atom is -0.394 e. The first-order valence-corrected chi connectivity index (χ1v) is 8.94. The van der Waals surface area contributed by atoms with E-state index in [9.17, 15) is 23.5 Å². The molecule has 2 aromatic carbocycles. The van der Waals surface area contributed by atoms with Crippen LogP contribution in [0.1, 0.15) is 18.4 Å². The van der Waals surface area contributed by atoms with Crippen LogP contribution >= 0.6 is 0 Å². The number of halogens is 2. The van der Waals surface area contributed by atoms with Crippen molar-refractivity contribution in [3.8, 4) is 0 Å². The first kappa shape index (κ1) is 18.4. The van der Waals surface area contributed by atoms with Crippen LogP contribution in [0.15, 0.2) is 42.5 Å². The van der Waals surface area contributed by atoms with E-state index in [0.29, 0.717) is 5.69 Å². The molecule has 28 heavy (non-hydrogen) atoms. The third-order valence-corrected chi connectivity index (χ3v) is 5.47. The normalized spacial score (nSPS) is 22.8. The molecule has 146 valence electrons. The number of benzene rings is 2. The second-order valence-corrected chi connectivity index (χ2v) is 6.99. The van der Waals surface area contributed by atoms with E-state index in [2.05, 4.69) is 5.32 Å². The molecule has 2 heterocycles. The number of rotatable bonds is 2. The quantitative estimate of drug-likeness (QED) is 0.832. The number of carbonyl (C=O) groups excluding carboxylic acids is 2. The van der Waals surface area contributed by atoms with Crippen molar-refractivity contribution in [2.75, 3.05) is 23.4 Å². The number of likely N-dealkylation sites (tertiary alicyclic amines) is 1. The molecule has 3 amide bonds. The smallest absolute Gasteiger partial charge is 0.326 e. The van der Waals surface area contributed by atoms with E-state index in [4.69, 9.17) is 0 Å². The van der Waals surface area contributed by atoms with Gasteiger partial charge in [-0.3, -0.25) is 9.69 Å². The summed E-state index contributed by atoms with van der Waals surface area (Å²) in [6.45, 7) is 1.45. The standard InChI is InChI=1S/C20H19F2N3O3/c1-11(27)25-17-9-24(20(28)23-15-8-12(21)6-7-14(15)22)16-5-3-2-4-13(16)19(17)18(25)10-26/h2-8,17-19,26H,9-10H2,1H3,(H,23,28)/t17-,18-,19+/m1/s1. The molecule has 8 heteroatoms. The van der Waals surface area contributed by atoms with Gasteiger partial charge in [-0.1, -0.05) is 18.2 Å². The largest absolute Gasteiger partial charge is 0.394 e. The number of anilines is 2. The average Bonchev–Trinajstić information content (AvgIpc) is 2.64. The molecule has 2 N–H and O–H groups in total. The van der Waals surface area contributed by atoms with Crippen LogP contribution in [0, 0.1) is 11.6 Å². The topological polar surface area (TPSA) is 72.9 Å². The van der Waals surface area contributed by atoms with Crippen molar-refractivity contribution in [1.29, 1.82) is 0 Å². The number of carbonyl (C=O) groups is 2. The fourth-order valence-corrected chi connectivity index (χ4v) is 4.30. The van der Waals surface area contributed by atoms with Gasteiger partial charge in [-0.05, 0) is 23.8 Å². The third kappa shape index (κ3) is 2.80. The van der Waals surface area contributed by atoms with Crippen LogP contribution < -0.4 is 10.2 Å². The summed E-state index contributed by atoms with van der Waals surface area (Å²) >= 11 is 0. The number of nitrogens with zero attached hydrogens (tertiary/aromatic N) is 2. The van der Waals surface area contributed by atoms with Crippen LogP contribution in [0.5, 0.6) is 0 Å².